The fourth-order valence-corrected chi connectivity index (χ4v) is 2.62. The molecule has 2 fully saturated rings. The van der Waals surface area contributed by atoms with Crippen molar-refractivity contribution in [3.8, 4) is 0 Å². The molecule has 2 N–H and O–H groups in total. The van der Waals surface area contributed by atoms with Gasteiger partial charge in [0.2, 0.25) is 5.91 Å². The monoisotopic (exact) mass is 182 g/mol. The zero-order valence-corrected chi connectivity index (χ0v) is 8.25. The summed E-state index contributed by atoms with van der Waals surface area (Å²) in [6, 6.07) is 0. The Bertz CT molecular complexity index is 219. The molecule has 1 aliphatic carbocycles. The lowest BCUT2D eigenvalue weighted by molar-refractivity contribution is -0.120. The van der Waals surface area contributed by atoms with E-state index in [9.17, 15) is 4.79 Å². The van der Waals surface area contributed by atoms with Crippen molar-refractivity contribution < 1.29 is 4.79 Å². The van der Waals surface area contributed by atoms with Gasteiger partial charge in [-0.3, -0.25) is 4.79 Å². The molecule has 1 heterocycles. The summed E-state index contributed by atoms with van der Waals surface area (Å²) in [6.45, 7) is 5.63. The predicted octanol–water partition coefficient (Wildman–Crippen LogP) is 0.594. The standard InChI is InChI=1S/C10H18N2O/c1-2-12-5-3-10(4-6-12)7-8(10)9(11)13/h8H,2-7H2,1H3,(H2,11,13)/t8-/m1/s1. The second-order valence-corrected chi connectivity index (χ2v) is 4.46. The molecule has 1 aliphatic heterocycles. The minimum absolute atomic E-state index is 0.0788. The lowest BCUT2D eigenvalue weighted by Crippen LogP contribution is -2.36. The quantitative estimate of drug-likeness (QED) is 0.679. The first-order chi connectivity index (χ1) is 6.18. The van der Waals surface area contributed by atoms with Crippen molar-refractivity contribution in [1.82, 2.24) is 4.90 Å². The highest BCUT2D eigenvalue weighted by atomic mass is 16.1. The third kappa shape index (κ3) is 1.46. The number of rotatable bonds is 2. The summed E-state index contributed by atoms with van der Waals surface area (Å²) in [5, 5.41) is 0. The zero-order valence-electron chi connectivity index (χ0n) is 8.25. The molecule has 1 amide bonds. The van der Waals surface area contributed by atoms with Crippen molar-refractivity contribution in [2.45, 2.75) is 26.2 Å². The number of likely N-dealkylation sites (tertiary alicyclic amines) is 1. The molecule has 0 aromatic carbocycles. The van der Waals surface area contributed by atoms with Gasteiger partial charge in [0.1, 0.15) is 0 Å². The summed E-state index contributed by atoms with van der Waals surface area (Å²) < 4.78 is 0. The van der Waals surface area contributed by atoms with Gasteiger partial charge in [-0.15, -0.1) is 0 Å². The van der Waals surface area contributed by atoms with E-state index in [-0.39, 0.29) is 11.8 Å². The van der Waals surface area contributed by atoms with Crippen LogP contribution in [0.5, 0.6) is 0 Å². The van der Waals surface area contributed by atoms with E-state index >= 15 is 0 Å². The van der Waals surface area contributed by atoms with E-state index in [0.717, 1.165) is 26.1 Å². The Kier molecular flexibility index (Phi) is 2.06. The number of nitrogens with two attached hydrogens (primary N) is 1. The van der Waals surface area contributed by atoms with Crippen LogP contribution in [0.3, 0.4) is 0 Å². The Hall–Kier alpha value is -0.570. The second kappa shape index (κ2) is 2.98. The fourth-order valence-electron chi connectivity index (χ4n) is 2.62. The van der Waals surface area contributed by atoms with E-state index in [1.807, 2.05) is 0 Å². The van der Waals surface area contributed by atoms with Crippen LogP contribution >= 0.6 is 0 Å². The van der Waals surface area contributed by atoms with Crippen LogP contribution in [0.15, 0.2) is 0 Å². The molecule has 0 bridgehead atoms. The predicted molar refractivity (Wildman–Crippen MR) is 51.1 cm³/mol. The molecule has 0 unspecified atom stereocenters. The summed E-state index contributed by atoms with van der Waals surface area (Å²) in [7, 11) is 0. The first-order valence-corrected chi connectivity index (χ1v) is 5.19. The highest BCUT2D eigenvalue weighted by Crippen LogP contribution is 2.59. The first-order valence-electron chi connectivity index (χ1n) is 5.19. The Morgan fingerprint density at radius 2 is 2.15 bits per heavy atom. The third-order valence-electron chi connectivity index (χ3n) is 3.83. The molecule has 0 radical (unpaired) electrons. The van der Waals surface area contributed by atoms with Crippen LogP contribution < -0.4 is 5.73 Å². The van der Waals surface area contributed by atoms with Crippen LogP contribution in [0.25, 0.3) is 0 Å². The van der Waals surface area contributed by atoms with Gasteiger partial charge in [-0.05, 0) is 44.3 Å². The number of carbonyl (C=O) groups is 1. The maximum Gasteiger partial charge on any atom is 0.221 e. The van der Waals surface area contributed by atoms with Gasteiger partial charge in [-0.25, -0.2) is 0 Å². The second-order valence-electron chi connectivity index (χ2n) is 4.46. The molecule has 13 heavy (non-hydrogen) atoms. The molecule has 3 heteroatoms. The summed E-state index contributed by atoms with van der Waals surface area (Å²) >= 11 is 0. The Morgan fingerprint density at radius 1 is 1.54 bits per heavy atom. The van der Waals surface area contributed by atoms with Crippen molar-refractivity contribution >= 4 is 5.91 Å². The van der Waals surface area contributed by atoms with Crippen LogP contribution in [-0.4, -0.2) is 30.4 Å². The number of hydrogen-bond donors (Lipinski definition) is 1. The number of hydrogen-bond acceptors (Lipinski definition) is 2. The van der Waals surface area contributed by atoms with Gasteiger partial charge < -0.3 is 10.6 Å². The number of nitrogens with zero attached hydrogens (tertiary/aromatic N) is 1. The average molecular weight is 182 g/mol. The molecule has 0 aromatic rings. The maximum atomic E-state index is 11.0. The fraction of sp³-hybridized carbons (Fsp3) is 0.900. The van der Waals surface area contributed by atoms with Crippen LogP contribution in [0.4, 0.5) is 0 Å². The summed E-state index contributed by atoms with van der Waals surface area (Å²) in [4.78, 5) is 13.4. The number of carbonyl (C=O) groups excluding carboxylic acids is 1. The van der Waals surface area contributed by atoms with Gasteiger partial charge >= 0.3 is 0 Å². The van der Waals surface area contributed by atoms with Crippen LogP contribution in [-0.2, 0) is 4.79 Å². The van der Waals surface area contributed by atoms with Crippen LogP contribution in [0.2, 0.25) is 0 Å². The minimum atomic E-state index is -0.0788. The number of amides is 1. The SMILES string of the molecule is CCN1CCC2(CC1)C[C@@H]2C(N)=O. The summed E-state index contributed by atoms with van der Waals surface area (Å²) in [5.74, 6) is 0.122. The Labute approximate surface area is 79.3 Å². The first kappa shape index (κ1) is 9.00. The molecule has 1 saturated heterocycles. The van der Waals surface area contributed by atoms with E-state index in [2.05, 4.69) is 11.8 Å². The highest BCUT2D eigenvalue weighted by Gasteiger charge is 2.57. The third-order valence-corrected chi connectivity index (χ3v) is 3.83. The lowest BCUT2D eigenvalue weighted by Gasteiger charge is -2.31. The summed E-state index contributed by atoms with van der Waals surface area (Å²) in [6.07, 6.45) is 3.41. The average Bonchev–Trinajstić information content (AvgIpc) is 2.82. The highest BCUT2D eigenvalue weighted by molar-refractivity contribution is 5.80. The molecule has 2 rings (SSSR count). The molecule has 1 spiro atoms. The Morgan fingerprint density at radius 3 is 2.54 bits per heavy atom. The topological polar surface area (TPSA) is 46.3 Å². The molecular weight excluding hydrogens is 164 g/mol. The summed E-state index contributed by atoms with van der Waals surface area (Å²) in [5.41, 5.74) is 5.65. The van der Waals surface area contributed by atoms with Gasteiger partial charge in [0.15, 0.2) is 0 Å². The molecule has 74 valence electrons. The van der Waals surface area contributed by atoms with Crippen molar-refractivity contribution in [1.29, 1.82) is 0 Å². The molecule has 3 nitrogen and oxygen atoms in total. The van der Waals surface area contributed by atoms with Gasteiger partial charge in [0.05, 0.1) is 0 Å². The molecule has 0 aromatic heterocycles. The largest absolute Gasteiger partial charge is 0.369 e. The van der Waals surface area contributed by atoms with Gasteiger partial charge in [0.25, 0.3) is 0 Å². The van der Waals surface area contributed by atoms with E-state index < -0.39 is 0 Å². The van der Waals surface area contributed by atoms with Crippen molar-refractivity contribution in [2.24, 2.45) is 17.1 Å². The number of piperidine rings is 1. The molecule has 2 aliphatic rings. The maximum absolute atomic E-state index is 11.0. The van der Waals surface area contributed by atoms with E-state index in [1.54, 1.807) is 0 Å². The van der Waals surface area contributed by atoms with Crippen molar-refractivity contribution in [3.63, 3.8) is 0 Å². The van der Waals surface area contributed by atoms with Crippen LogP contribution in [0.1, 0.15) is 26.2 Å². The van der Waals surface area contributed by atoms with Crippen molar-refractivity contribution in [2.75, 3.05) is 19.6 Å². The van der Waals surface area contributed by atoms with Gasteiger partial charge in [0, 0.05) is 5.92 Å². The lowest BCUT2D eigenvalue weighted by atomic mass is 9.91. The van der Waals surface area contributed by atoms with Crippen LogP contribution in [0, 0.1) is 11.3 Å². The smallest absolute Gasteiger partial charge is 0.221 e. The van der Waals surface area contributed by atoms with E-state index in [0.29, 0.717) is 5.41 Å². The van der Waals surface area contributed by atoms with Crippen molar-refractivity contribution in [3.05, 3.63) is 0 Å². The zero-order chi connectivity index (χ0) is 9.47. The van der Waals surface area contributed by atoms with E-state index in [4.69, 9.17) is 5.73 Å². The minimum Gasteiger partial charge on any atom is -0.369 e. The Balaban J connectivity index is 1.89. The molecule has 1 saturated carbocycles. The normalized spacial score (nSPS) is 31.9. The van der Waals surface area contributed by atoms with Gasteiger partial charge in [-0.2, -0.15) is 0 Å². The number of primary amides is 1. The van der Waals surface area contributed by atoms with E-state index in [1.165, 1.54) is 12.8 Å². The molecular formula is C10H18N2O. The van der Waals surface area contributed by atoms with Gasteiger partial charge in [-0.1, -0.05) is 6.92 Å². The molecule has 1 atom stereocenters.